The van der Waals surface area contributed by atoms with Crippen LogP contribution in [0.5, 0.6) is 11.5 Å². The van der Waals surface area contributed by atoms with Crippen molar-refractivity contribution in [2.75, 3.05) is 24.9 Å². The summed E-state index contributed by atoms with van der Waals surface area (Å²) in [5.74, 6) is 0.700. The molecule has 6 heteroatoms. The number of methoxy groups -OCH3 is 2. The second kappa shape index (κ2) is 8.77. The third-order valence-electron chi connectivity index (χ3n) is 4.06. The molecule has 0 saturated heterocycles. The minimum absolute atomic E-state index is 0.0488. The van der Waals surface area contributed by atoms with E-state index in [9.17, 15) is 10.1 Å². The molecule has 0 aliphatic heterocycles. The first-order chi connectivity index (χ1) is 12.9. The van der Waals surface area contributed by atoms with Gasteiger partial charge in [-0.2, -0.15) is 5.26 Å². The zero-order valence-corrected chi connectivity index (χ0v) is 16.1. The summed E-state index contributed by atoms with van der Waals surface area (Å²) in [7, 11) is 3.10. The van der Waals surface area contributed by atoms with E-state index in [0.717, 1.165) is 16.7 Å². The van der Waals surface area contributed by atoms with Crippen molar-refractivity contribution in [3.8, 4) is 17.6 Å². The van der Waals surface area contributed by atoms with Gasteiger partial charge in [-0.15, -0.1) is 0 Å². The van der Waals surface area contributed by atoms with Crippen LogP contribution in [-0.4, -0.2) is 20.1 Å². The predicted octanol–water partition coefficient (Wildman–Crippen LogP) is 4.09. The first-order valence-corrected chi connectivity index (χ1v) is 8.37. The molecule has 2 N–H and O–H groups in total. The molecule has 2 rings (SSSR count). The number of hydrogen-bond donors (Lipinski definition) is 2. The highest BCUT2D eigenvalue weighted by Crippen LogP contribution is 2.29. The molecule has 0 atom stereocenters. The molecule has 6 nitrogen and oxygen atoms in total. The average molecular weight is 365 g/mol. The highest BCUT2D eigenvalue weighted by Gasteiger charge is 2.13. The van der Waals surface area contributed by atoms with Gasteiger partial charge < -0.3 is 20.1 Å². The lowest BCUT2D eigenvalue weighted by atomic mass is 10.0. The Bertz CT molecular complexity index is 904. The zero-order chi connectivity index (χ0) is 20.0. The Labute approximate surface area is 159 Å². The van der Waals surface area contributed by atoms with Gasteiger partial charge in [0, 0.05) is 18.0 Å². The molecule has 0 aliphatic carbocycles. The Balaban J connectivity index is 2.22. The number of nitriles is 1. The lowest BCUT2D eigenvalue weighted by Crippen LogP contribution is -2.16. The van der Waals surface area contributed by atoms with Crippen molar-refractivity contribution in [2.45, 2.75) is 20.8 Å². The Hall–Kier alpha value is -3.46. The molecule has 0 saturated carbocycles. The number of carbonyl (C=O) groups excluding carboxylic acids is 1. The highest BCUT2D eigenvalue weighted by atomic mass is 16.5. The predicted molar refractivity (Wildman–Crippen MR) is 106 cm³/mol. The fourth-order valence-corrected chi connectivity index (χ4v) is 2.77. The molecule has 0 unspecified atom stereocenters. The van der Waals surface area contributed by atoms with Gasteiger partial charge in [0.25, 0.3) is 5.91 Å². The van der Waals surface area contributed by atoms with Crippen LogP contribution in [0.2, 0.25) is 0 Å². The van der Waals surface area contributed by atoms with Crippen molar-refractivity contribution < 1.29 is 14.3 Å². The van der Waals surface area contributed by atoms with Crippen LogP contribution in [0.15, 0.2) is 42.1 Å². The number of hydrogen-bond acceptors (Lipinski definition) is 5. The number of benzene rings is 2. The Morgan fingerprint density at radius 1 is 1.07 bits per heavy atom. The third kappa shape index (κ3) is 4.79. The average Bonchev–Trinajstić information content (AvgIpc) is 2.65. The first-order valence-electron chi connectivity index (χ1n) is 8.37. The summed E-state index contributed by atoms with van der Waals surface area (Å²) in [6.45, 7) is 5.84. The number of nitrogens with zero attached hydrogens (tertiary/aromatic N) is 1. The quantitative estimate of drug-likeness (QED) is 0.595. The molecule has 0 spiro atoms. The molecule has 0 bridgehead atoms. The molecule has 0 fully saturated rings. The summed E-state index contributed by atoms with van der Waals surface area (Å²) in [5, 5.41) is 15.1. The van der Waals surface area contributed by atoms with E-state index in [2.05, 4.69) is 10.6 Å². The van der Waals surface area contributed by atoms with Crippen LogP contribution >= 0.6 is 0 Å². The largest absolute Gasteiger partial charge is 0.497 e. The van der Waals surface area contributed by atoms with E-state index in [4.69, 9.17) is 9.47 Å². The maximum Gasteiger partial charge on any atom is 0.267 e. The molecule has 1 amide bonds. The zero-order valence-electron chi connectivity index (χ0n) is 16.1. The van der Waals surface area contributed by atoms with Gasteiger partial charge in [-0.25, -0.2) is 0 Å². The Morgan fingerprint density at radius 2 is 1.74 bits per heavy atom. The molecule has 0 aromatic heterocycles. The molecule has 0 aliphatic rings. The van der Waals surface area contributed by atoms with Crippen LogP contribution in [0, 0.1) is 32.1 Å². The summed E-state index contributed by atoms with van der Waals surface area (Å²) in [5.41, 5.74) is 4.29. The van der Waals surface area contributed by atoms with Crippen molar-refractivity contribution in [1.82, 2.24) is 0 Å². The number of aryl methyl sites for hydroxylation is 3. The molecule has 140 valence electrons. The molecule has 2 aromatic rings. The van der Waals surface area contributed by atoms with E-state index in [1.54, 1.807) is 25.3 Å². The number of amides is 1. The van der Waals surface area contributed by atoms with Crippen LogP contribution in [0.1, 0.15) is 16.7 Å². The van der Waals surface area contributed by atoms with E-state index in [-0.39, 0.29) is 5.57 Å². The van der Waals surface area contributed by atoms with E-state index in [1.807, 2.05) is 39.0 Å². The van der Waals surface area contributed by atoms with E-state index < -0.39 is 5.91 Å². The number of anilines is 2. The van der Waals surface area contributed by atoms with Crippen molar-refractivity contribution >= 4 is 17.3 Å². The lowest BCUT2D eigenvalue weighted by Gasteiger charge is -2.13. The van der Waals surface area contributed by atoms with Crippen molar-refractivity contribution in [3.05, 3.63) is 58.8 Å². The molecular formula is C21H23N3O3. The van der Waals surface area contributed by atoms with Gasteiger partial charge in [-0.3, -0.25) is 4.79 Å². The summed E-state index contributed by atoms with van der Waals surface area (Å²) in [4.78, 5) is 12.5. The third-order valence-corrected chi connectivity index (χ3v) is 4.06. The van der Waals surface area contributed by atoms with Gasteiger partial charge in [0.15, 0.2) is 0 Å². The van der Waals surface area contributed by atoms with E-state index in [1.165, 1.54) is 13.3 Å². The topological polar surface area (TPSA) is 83.4 Å². The number of ether oxygens (including phenoxy) is 2. The summed E-state index contributed by atoms with van der Waals surface area (Å²) in [6.07, 6.45) is 1.36. The summed E-state index contributed by atoms with van der Waals surface area (Å²) in [6, 6.07) is 11.1. The van der Waals surface area contributed by atoms with Gasteiger partial charge in [0.05, 0.1) is 19.9 Å². The van der Waals surface area contributed by atoms with Crippen LogP contribution in [0.25, 0.3) is 0 Å². The molecular weight excluding hydrogens is 342 g/mol. The Kier molecular flexibility index (Phi) is 6.45. The van der Waals surface area contributed by atoms with Crippen molar-refractivity contribution in [1.29, 1.82) is 5.26 Å². The standard InChI is InChI=1S/C21H23N3O3/c1-13-8-14(2)20(15(3)9-13)24-21(25)16(11-22)12-23-18-7-6-17(26-4)10-19(18)27-5/h6-10,12,23H,1-5H3,(H,24,25)/b16-12-. The second-order valence-corrected chi connectivity index (χ2v) is 6.11. The van der Waals surface area contributed by atoms with Crippen molar-refractivity contribution in [2.24, 2.45) is 0 Å². The minimum Gasteiger partial charge on any atom is -0.497 e. The SMILES string of the molecule is COc1ccc(N/C=C(/C#N)C(=O)Nc2c(C)cc(C)cc2C)c(OC)c1. The van der Waals surface area contributed by atoms with E-state index in [0.29, 0.717) is 22.9 Å². The van der Waals surface area contributed by atoms with Gasteiger partial charge in [0.2, 0.25) is 0 Å². The summed E-state index contributed by atoms with van der Waals surface area (Å²) < 4.78 is 10.5. The van der Waals surface area contributed by atoms with Crippen LogP contribution in [-0.2, 0) is 4.79 Å². The normalized spacial score (nSPS) is 10.7. The van der Waals surface area contributed by atoms with Gasteiger partial charge in [-0.05, 0) is 44.0 Å². The smallest absolute Gasteiger partial charge is 0.267 e. The molecule has 27 heavy (non-hydrogen) atoms. The van der Waals surface area contributed by atoms with E-state index >= 15 is 0 Å². The highest BCUT2D eigenvalue weighted by molar-refractivity contribution is 6.07. The number of rotatable bonds is 6. The van der Waals surface area contributed by atoms with Gasteiger partial charge in [-0.1, -0.05) is 17.7 Å². The molecule has 0 heterocycles. The lowest BCUT2D eigenvalue weighted by molar-refractivity contribution is -0.112. The number of nitrogens with one attached hydrogen (secondary N) is 2. The van der Waals surface area contributed by atoms with Gasteiger partial charge in [0.1, 0.15) is 23.1 Å². The summed E-state index contributed by atoms with van der Waals surface area (Å²) >= 11 is 0. The first kappa shape index (κ1) is 19.9. The second-order valence-electron chi connectivity index (χ2n) is 6.11. The van der Waals surface area contributed by atoms with Crippen molar-refractivity contribution in [3.63, 3.8) is 0 Å². The molecule has 0 radical (unpaired) electrons. The maximum absolute atomic E-state index is 12.5. The minimum atomic E-state index is -0.479. The Morgan fingerprint density at radius 3 is 2.30 bits per heavy atom. The fourth-order valence-electron chi connectivity index (χ4n) is 2.77. The van der Waals surface area contributed by atoms with Crippen LogP contribution in [0.3, 0.4) is 0 Å². The fraction of sp³-hybridized carbons (Fsp3) is 0.238. The van der Waals surface area contributed by atoms with Gasteiger partial charge >= 0.3 is 0 Å². The monoisotopic (exact) mass is 365 g/mol. The number of carbonyl (C=O) groups is 1. The van der Waals surface area contributed by atoms with Crippen LogP contribution < -0.4 is 20.1 Å². The van der Waals surface area contributed by atoms with Crippen LogP contribution in [0.4, 0.5) is 11.4 Å². The molecule has 2 aromatic carbocycles. The maximum atomic E-state index is 12.5.